The molecule has 1 aliphatic heterocycles. The predicted molar refractivity (Wildman–Crippen MR) is 120 cm³/mol. The third kappa shape index (κ3) is 4.57. The van der Waals surface area contributed by atoms with Crippen LogP contribution in [0.25, 0.3) is 6.08 Å². The van der Waals surface area contributed by atoms with Crippen LogP contribution in [0.2, 0.25) is 0 Å². The number of thioether (sulfide) groups is 1. The Balaban J connectivity index is 1.59. The molecule has 0 amide bonds. The Bertz CT molecular complexity index is 1130. The molecule has 7 heteroatoms. The van der Waals surface area contributed by atoms with Gasteiger partial charge in [0.05, 0.1) is 18.6 Å². The van der Waals surface area contributed by atoms with E-state index in [0.29, 0.717) is 18.8 Å². The standard InChI is InChI=1S/C24H21NO5S/c1-29-21-14-13-20(24-30-15-17-6-2-3-8-22(17)31-24)19(23(21)26)7-4-5-16-9-11-18(12-10-16)25(27)28/h2-6,8-14,24,26H,7,15H2,1H3. The second-order valence-electron chi connectivity index (χ2n) is 7.01. The van der Waals surface area contributed by atoms with Gasteiger partial charge in [0.15, 0.2) is 11.5 Å². The van der Waals surface area contributed by atoms with Crippen LogP contribution in [0.15, 0.2) is 71.6 Å². The van der Waals surface area contributed by atoms with Crippen LogP contribution in [0.1, 0.15) is 27.7 Å². The van der Waals surface area contributed by atoms with Crippen LogP contribution in [0, 0.1) is 10.1 Å². The van der Waals surface area contributed by atoms with Gasteiger partial charge in [-0.1, -0.05) is 48.2 Å². The Morgan fingerprint density at radius 3 is 2.71 bits per heavy atom. The first-order valence-electron chi connectivity index (χ1n) is 9.72. The first kappa shape index (κ1) is 21.0. The zero-order valence-corrected chi connectivity index (χ0v) is 17.7. The van der Waals surface area contributed by atoms with Crippen molar-refractivity contribution in [1.82, 2.24) is 0 Å². The monoisotopic (exact) mass is 435 g/mol. The number of methoxy groups -OCH3 is 1. The summed E-state index contributed by atoms with van der Waals surface area (Å²) in [4.78, 5) is 11.6. The molecule has 4 rings (SSSR count). The summed E-state index contributed by atoms with van der Waals surface area (Å²) in [5.41, 5.74) is 3.43. The largest absolute Gasteiger partial charge is 0.504 e. The SMILES string of the molecule is COc1ccc(C2OCc3ccccc3S2)c(CC=Cc2ccc([N+](=O)[O-])cc2)c1O. The Labute approximate surface area is 184 Å². The van der Waals surface area contributed by atoms with Crippen molar-refractivity contribution in [2.24, 2.45) is 0 Å². The van der Waals surface area contributed by atoms with Crippen LogP contribution in [0.5, 0.6) is 11.5 Å². The van der Waals surface area contributed by atoms with Gasteiger partial charge in [-0.25, -0.2) is 0 Å². The first-order chi connectivity index (χ1) is 15.1. The van der Waals surface area contributed by atoms with E-state index in [9.17, 15) is 15.2 Å². The van der Waals surface area contributed by atoms with Crippen molar-refractivity contribution in [3.63, 3.8) is 0 Å². The molecule has 1 heterocycles. The lowest BCUT2D eigenvalue weighted by molar-refractivity contribution is -0.384. The summed E-state index contributed by atoms with van der Waals surface area (Å²) in [5.74, 6) is 0.500. The number of phenols is 1. The number of nitro groups is 1. The summed E-state index contributed by atoms with van der Waals surface area (Å²) < 4.78 is 11.4. The Morgan fingerprint density at radius 2 is 1.97 bits per heavy atom. The topological polar surface area (TPSA) is 81.8 Å². The highest BCUT2D eigenvalue weighted by atomic mass is 32.2. The Morgan fingerprint density at radius 1 is 1.19 bits per heavy atom. The van der Waals surface area contributed by atoms with Gasteiger partial charge >= 0.3 is 0 Å². The van der Waals surface area contributed by atoms with Gasteiger partial charge in [0.1, 0.15) is 5.44 Å². The van der Waals surface area contributed by atoms with Crippen molar-refractivity contribution in [3.05, 3.63) is 99.1 Å². The summed E-state index contributed by atoms with van der Waals surface area (Å²) in [6.07, 6.45) is 4.24. The molecule has 0 saturated carbocycles. The molecule has 0 fully saturated rings. The van der Waals surface area contributed by atoms with Gasteiger partial charge in [-0.3, -0.25) is 10.1 Å². The third-order valence-corrected chi connectivity index (χ3v) is 6.35. The van der Waals surface area contributed by atoms with E-state index in [1.54, 1.807) is 30.0 Å². The van der Waals surface area contributed by atoms with E-state index in [4.69, 9.17) is 9.47 Å². The maximum atomic E-state index is 10.8. The minimum Gasteiger partial charge on any atom is -0.504 e. The van der Waals surface area contributed by atoms with Gasteiger partial charge in [-0.05, 0) is 47.4 Å². The molecule has 0 radical (unpaired) electrons. The molecule has 0 aliphatic carbocycles. The number of nitro benzene ring substituents is 1. The second-order valence-corrected chi connectivity index (χ2v) is 8.11. The van der Waals surface area contributed by atoms with Crippen molar-refractivity contribution in [1.29, 1.82) is 0 Å². The van der Waals surface area contributed by atoms with Crippen molar-refractivity contribution in [3.8, 4) is 11.5 Å². The molecule has 0 saturated heterocycles. The number of nitrogens with zero attached hydrogens (tertiary/aromatic N) is 1. The molecule has 1 unspecified atom stereocenters. The molecule has 1 atom stereocenters. The van der Waals surface area contributed by atoms with E-state index in [0.717, 1.165) is 22.3 Å². The van der Waals surface area contributed by atoms with Gasteiger partial charge in [0.2, 0.25) is 0 Å². The first-order valence-corrected chi connectivity index (χ1v) is 10.6. The molecule has 31 heavy (non-hydrogen) atoms. The summed E-state index contributed by atoms with van der Waals surface area (Å²) >= 11 is 1.62. The van der Waals surface area contributed by atoms with Gasteiger partial charge in [-0.2, -0.15) is 0 Å². The van der Waals surface area contributed by atoms with E-state index in [2.05, 4.69) is 12.1 Å². The molecule has 158 valence electrons. The lowest BCUT2D eigenvalue weighted by Crippen LogP contribution is -2.10. The minimum atomic E-state index is -0.423. The van der Waals surface area contributed by atoms with Crippen LogP contribution in [0.3, 0.4) is 0 Å². The summed E-state index contributed by atoms with van der Waals surface area (Å²) in [7, 11) is 1.52. The average Bonchev–Trinajstić information content (AvgIpc) is 2.80. The van der Waals surface area contributed by atoms with Crippen LogP contribution in [-0.2, 0) is 17.8 Å². The van der Waals surface area contributed by atoms with Gasteiger partial charge < -0.3 is 14.6 Å². The van der Waals surface area contributed by atoms with Crippen LogP contribution >= 0.6 is 11.8 Å². The minimum absolute atomic E-state index is 0.0524. The fourth-order valence-corrected chi connectivity index (χ4v) is 4.61. The van der Waals surface area contributed by atoms with E-state index >= 15 is 0 Å². The highest BCUT2D eigenvalue weighted by Crippen LogP contribution is 2.46. The zero-order chi connectivity index (χ0) is 21.8. The molecule has 0 aromatic heterocycles. The number of aromatic hydroxyl groups is 1. The second kappa shape index (κ2) is 9.24. The van der Waals surface area contributed by atoms with Crippen molar-refractivity contribution >= 4 is 23.5 Å². The Hall–Kier alpha value is -3.29. The lowest BCUT2D eigenvalue weighted by atomic mass is 10.0. The predicted octanol–water partition coefficient (Wildman–Crippen LogP) is 5.89. The van der Waals surface area contributed by atoms with Crippen LogP contribution in [-0.4, -0.2) is 17.1 Å². The molecule has 0 spiro atoms. The number of benzene rings is 3. The van der Waals surface area contributed by atoms with Gasteiger partial charge in [-0.15, -0.1) is 0 Å². The highest BCUT2D eigenvalue weighted by molar-refractivity contribution is 7.99. The fourth-order valence-electron chi connectivity index (χ4n) is 3.46. The van der Waals surface area contributed by atoms with Crippen molar-refractivity contribution in [2.75, 3.05) is 7.11 Å². The number of hydrogen-bond donors (Lipinski definition) is 1. The number of rotatable bonds is 6. The zero-order valence-electron chi connectivity index (χ0n) is 16.9. The summed E-state index contributed by atoms with van der Waals surface area (Å²) in [6.45, 7) is 0.513. The Kier molecular flexibility index (Phi) is 6.25. The van der Waals surface area contributed by atoms with E-state index in [1.807, 2.05) is 30.4 Å². The molecule has 1 aliphatic rings. The molecule has 1 N–H and O–H groups in total. The van der Waals surface area contributed by atoms with E-state index in [-0.39, 0.29) is 16.9 Å². The maximum absolute atomic E-state index is 10.8. The molecular weight excluding hydrogens is 414 g/mol. The number of fused-ring (bicyclic) bond motifs is 1. The number of phenolic OH excluding ortho intramolecular Hbond substituents is 1. The number of hydrogen-bond acceptors (Lipinski definition) is 6. The lowest BCUT2D eigenvalue weighted by Gasteiger charge is -2.27. The summed E-state index contributed by atoms with van der Waals surface area (Å²) in [5, 5.41) is 21.6. The molecule has 0 bridgehead atoms. The molecule has 3 aromatic carbocycles. The van der Waals surface area contributed by atoms with Gasteiger partial charge in [0.25, 0.3) is 5.69 Å². The molecular formula is C24H21NO5S. The number of ether oxygens (including phenoxy) is 2. The van der Waals surface area contributed by atoms with Crippen molar-refractivity contribution in [2.45, 2.75) is 23.4 Å². The normalized spacial score (nSPS) is 15.6. The quantitative estimate of drug-likeness (QED) is 0.384. The summed E-state index contributed by atoms with van der Waals surface area (Å²) in [6, 6.07) is 18.1. The van der Waals surface area contributed by atoms with E-state index < -0.39 is 4.92 Å². The fraction of sp³-hybridized carbons (Fsp3) is 0.167. The van der Waals surface area contributed by atoms with Crippen molar-refractivity contribution < 1.29 is 19.5 Å². The smallest absolute Gasteiger partial charge is 0.269 e. The molecule has 3 aromatic rings. The number of non-ortho nitro benzene ring substituents is 1. The average molecular weight is 436 g/mol. The van der Waals surface area contributed by atoms with Gasteiger partial charge in [0, 0.05) is 22.6 Å². The maximum Gasteiger partial charge on any atom is 0.269 e. The van der Waals surface area contributed by atoms with Crippen LogP contribution in [0.4, 0.5) is 5.69 Å². The molecule has 6 nitrogen and oxygen atoms in total. The highest BCUT2D eigenvalue weighted by Gasteiger charge is 2.25. The number of allylic oxidation sites excluding steroid dienone is 1. The third-order valence-electron chi connectivity index (χ3n) is 5.09. The van der Waals surface area contributed by atoms with E-state index in [1.165, 1.54) is 24.1 Å². The van der Waals surface area contributed by atoms with Crippen LogP contribution < -0.4 is 4.74 Å².